The van der Waals surface area contributed by atoms with Gasteiger partial charge in [-0.3, -0.25) is 9.59 Å². The molecule has 6 heterocycles. The molecule has 6 aliphatic heterocycles. The third-order valence-corrected chi connectivity index (χ3v) is 10.1. The third kappa shape index (κ3) is 10.4. The van der Waals surface area contributed by atoms with Gasteiger partial charge < -0.3 is 20.8 Å². The van der Waals surface area contributed by atoms with Crippen LogP contribution in [0.15, 0.2) is 0 Å². The van der Waals surface area contributed by atoms with Crippen LogP contribution in [-0.2, 0) is 26.7 Å². The Hall–Kier alpha value is 0.429. The van der Waals surface area contributed by atoms with Gasteiger partial charge in [0.15, 0.2) is 0 Å². The second-order valence-electron chi connectivity index (χ2n) is 7.88. The van der Waals surface area contributed by atoms with E-state index < -0.39 is 11.9 Å². The molecule has 0 aliphatic carbocycles. The van der Waals surface area contributed by atoms with E-state index in [2.05, 4.69) is 10.6 Å². The summed E-state index contributed by atoms with van der Waals surface area (Å²) in [5, 5.41) is 25.0. The summed E-state index contributed by atoms with van der Waals surface area (Å²) < 4.78 is 1.69. The average Bonchev–Trinajstić information content (AvgIpc) is 2.70. The first-order valence-electron chi connectivity index (χ1n) is 10.6. The molecule has 0 atom stereocenters. The maximum absolute atomic E-state index is 11.2. The molecular formula is C20H34CuN2O4S3. The fourth-order valence-corrected chi connectivity index (χ4v) is 11.2. The largest absolute Gasteiger partial charge is 2.00 e. The number of carbonyl (C=O) groups is 2. The van der Waals surface area contributed by atoms with Crippen LogP contribution in [0.25, 0.3) is 10.6 Å². The minimum atomic E-state index is -0.833. The van der Waals surface area contributed by atoms with Gasteiger partial charge in [-0.15, -0.1) is 61.5 Å². The van der Waals surface area contributed by atoms with E-state index >= 15 is 0 Å². The predicted molar refractivity (Wildman–Crippen MR) is 125 cm³/mol. The topological polar surface area (TPSA) is 103 Å². The van der Waals surface area contributed by atoms with Gasteiger partial charge in [0, 0.05) is 6.92 Å². The Labute approximate surface area is 204 Å². The molecule has 10 heteroatoms. The molecule has 177 valence electrons. The molecule has 4 bridgehead atoms. The molecule has 2 N–H and O–H groups in total. The van der Waals surface area contributed by atoms with Gasteiger partial charge in [-0.1, -0.05) is 38.5 Å². The van der Waals surface area contributed by atoms with E-state index in [1.54, 1.807) is 0 Å². The van der Waals surface area contributed by atoms with Crippen LogP contribution in [0.5, 0.6) is 0 Å². The zero-order chi connectivity index (χ0) is 21.1. The number of carboxylic acid groups (broad SMARTS) is 2. The Morgan fingerprint density at radius 3 is 1.20 bits per heavy atom. The zero-order valence-electron chi connectivity index (χ0n) is 17.6. The molecule has 6 fully saturated rings. The van der Waals surface area contributed by atoms with Crippen molar-refractivity contribution in [3.8, 4) is 0 Å². The summed E-state index contributed by atoms with van der Waals surface area (Å²) in [5.74, 6) is -1.38. The monoisotopic (exact) mass is 525 g/mol. The minimum absolute atomic E-state index is 0. The van der Waals surface area contributed by atoms with Gasteiger partial charge in [-0.2, -0.15) is 0 Å². The maximum atomic E-state index is 11.2. The predicted octanol–water partition coefficient (Wildman–Crippen LogP) is 5.62. The van der Waals surface area contributed by atoms with E-state index in [1.165, 1.54) is 38.5 Å². The van der Waals surface area contributed by atoms with E-state index in [9.17, 15) is 9.90 Å². The van der Waals surface area contributed by atoms with Crippen LogP contribution in [0.3, 0.4) is 0 Å². The number of piperidine rings is 2. The van der Waals surface area contributed by atoms with Crippen molar-refractivity contribution in [3.05, 3.63) is 10.6 Å². The molecule has 0 saturated carbocycles. The van der Waals surface area contributed by atoms with Gasteiger partial charge in [0.1, 0.15) is 0 Å². The van der Waals surface area contributed by atoms with E-state index in [-0.39, 0.29) is 22.5 Å². The Morgan fingerprint density at radius 1 is 0.733 bits per heavy atom. The summed E-state index contributed by atoms with van der Waals surface area (Å²) in [6.07, 6.45) is 10.8. The van der Waals surface area contributed by atoms with Gasteiger partial charge >= 0.3 is 23.0 Å². The second kappa shape index (κ2) is 15.3. The van der Waals surface area contributed by atoms with Crippen molar-refractivity contribution in [1.29, 1.82) is 0 Å². The fourth-order valence-electron chi connectivity index (χ4n) is 3.83. The molecule has 0 unspecified atom stereocenters. The molecule has 6 nitrogen and oxygen atoms in total. The summed E-state index contributed by atoms with van der Waals surface area (Å²) >= 11 is 5.96. The van der Waals surface area contributed by atoms with Gasteiger partial charge in [-0.05, 0) is 19.3 Å². The minimum Gasteiger partial charge on any atom is -0.662 e. The van der Waals surface area contributed by atoms with Crippen molar-refractivity contribution in [2.24, 2.45) is 5.41 Å². The van der Waals surface area contributed by atoms with Gasteiger partial charge in [0.2, 0.25) is 0 Å². The average molecular weight is 526 g/mol. The standard InChI is InChI=1S/C8H10O2S3.2C5H10N.C2H4O2.Cu/c9-7(10)8-1-4-11-5(2-8)13-6(3-8)12-4;2*1-2-4-6-5-3-1;1-2(3)4;/h4-6H,1-3H2,(H,9,10);2*1-5H2;1H3,(H,3,4);/q;2*-1;;+2. The van der Waals surface area contributed by atoms with Crippen LogP contribution in [-0.4, -0.2) is 62.1 Å². The van der Waals surface area contributed by atoms with E-state index in [4.69, 9.17) is 9.90 Å². The number of nitrogens with zero attached hydrogens (tertiary/aromatic N) is 2. The molecule has 0 aromatic rings. The number of aliphatic carboxylic acids is 2. The molecule has 6 saturated heterocycles. The number of hydrogen-bond acceptors (Lipinski definition) is 5. The van der Waals surface area contributed by atoms with Crippen molar-refractivity contribution in [3.63, 3.8) is 0 Å². The third-order valence-electron chi connectivity index (χ3n) is 5.30. The quantitative estimate of drug-likeness (QED) is 0.428. The summed E-state index contributed by atoms with van der Waals surface area (Å²) in [7, 11) is 0. The molecule has 1 radical (unpaired) electrons. The molecule has 30 heavy (non-hydrogen) atoms. The molecule has 0 aromatic carbocycles. The summed E-state index contributed by atoms with van der Waals surface area (Å²) in [5.41, 5.74) is -0.345. The van der Waals surface area contributed by atoms with Crippen LogP contribution < -0.4 is 0 Å². The number of thioether (sulfide) groups is 3. The molecule has 0 aromatic heterocycles. The maximum Gasteiger partial charge on any atom is 2.00 e. The van der Waals surface area contributed by atoms with Crippen molar-refractivity contribution >= 4 is 47.2 Å². The summed E-state index contributed by atoms with van der Waals surface area (Å²) in [6.45, 7) is 5.58. The van der Waals surface area contributed by atoms with E-state index in [1.807, 2.05) is 35.3 Å². The van der Waals surface area contributed by atoms with E-state index in [0.29, 0.717) is 13.7 Å². The summed E-state index contributed by atoms with van der Waals surface area (Å²) in [6, 6.07) is 0. The van der Waals surface area contributed by atoms with Gasteiger partial charge in [0.25, 0.3) is 5.97 Å². The first-order chi connectivity index (χ1) is 13.9. The molecule has 6 rings (SSSR count). The summed E-state index contributed by atoms with van der Waals surface area (Å²) in [4.78, 5) is 20.2. The SMILES string of the molecule is C1CC[N-]CC1.C1CC[N-]CC1.CC(=O)O.O=C(O)C12CC3SC(C1)SC(C2)S3.[Cu+2]. The van der Waals surface area contributed by atoms with Crippen LogP contribution >= 0.6 is 35.3 Å². The first kappa shape index (κ1) is 28.5. The Morgan fingerprint density at radius 2 is 1.03 bits per heavy atom. The van der Waals surface area contributed by atoms with Crippen LogP contribution in [0, 0.1) is 5.41 Å². The van der Waals surface area contributed by atoms with Crippen molar-refractivity contribution in [1.82, 2.24) is 0 Å². The number of rotatable bonds is 1. The zero-order valence-corrected chi connectivity index (χ0v) is 20.9. The smallest absolute Gasteiger partial charge is 0.662 e. The van der Waals surface area contributed by atoms with Crippen molar-refractivity contribution in [2.75, 3.05) is 26.2 Å². The molecule has 6 aliphatic rings. The molecule has 0 spiro atoms. The Bertz CT molecular complexity index is 446. The van der Waals surface area contributed by atoms with Crippen LogP contribution in [0.2, 0.25) is 0 Å². The van der Waals surface area contributed by atoms with Crippen molar-refractivity contribution < 1.29 is 36.9 Å². The van der Waals surface area contributed by atoms with Crippen LogP contribution in [0.4, 0.5) is 0 Å². The van der Waals surface area contributed by atoms with Gasteiger partial charge in [0.05, 0.1) is 19.2 Å². The fraction of sp³-hybridized carbons (Fsp3) is 0.900. The normalized spacial score (nSPS) is 33.2. The number of carboxylic acids is 2. The first-order valence-corrected chi connectivity index (χ1v) is 13.4. The molecule has 0 amide bonds. The van der Waals surface area contributed by atoms with Gasteiger partial charge in [-0.25, -0.2) is 0 Å². The van der Waals surface area contributed by atoms with Crippen LogP contribution in [0.1, 0.15) is 64.7 Å². The number of hydrogen-bond donors (Lipinski definition) is 2. The van der Waals surface area contributed by atoms with E-state index in [0.717, 1.165) is 52.4 Å². The molecular weight excluding hydrogens is 492 g/mol. The Balaban J connectivity index is 0.000000225. The second-order valence-corrected chi connectivity index (χ2v) is 13.0. The Kier molecular flexibility index (Phi) is 14.5. The van der Waals surface area contributed by atoms with Crippen molar-refractivity contribution in [2.45, 2.75) is 78.5 Å².